The van der Waals surface area contributed by atoms with Crippen molar-refractivity contribution in [3.8, 4) is 11.8 Å². The normalized spacial score (nSPS) is 12.7. The van der Waals surface area contributed by atoms with Gasteiger partial charge in [0.15, 0.2) is 5.54 Å². The Bertz CT molecular complexity index is 712. The van der Waals surface area contributed by atoms with E-state index in [4.69, 9.17) is 16.3 Å². The Labute approximate surface area is 140 Å². The molecular weight excluding hydrogens is 312 g/mol. The number of nitrogens with one attached hydrogen (secondary N) is 1. The summed E-state index contributed by atoms with van der Waals surface area (Å²) in [7, 11) is 0. The van der Waals surface area contributed by atoms with Crippen molar-refractivity contribution in [3.63, 3.8) is 0 Å². The van der Waals surface area contributed by atoms with Gasteiger partial charge in [-0.2, -0.15) is 5.26 Å². The number of hydrogen-bond acceptors (Lipinski definition) is 3. The fourth-order valence-corrected chi connectivity index (χ4v) is 2.24. The number of halogens is 1. The first-order valence-electron chi connectivity index (χ1n) is 7.15. The highest BCUT2D eigenvalue weighted by molar-refractivity contribution is 6.30. The van der Waals surface area contributed by atoms with Gasteiger partial charge < -0.3 is 10.1 Å². The van der Waals surface area contributed by atoms with E-state index in [2.05, 4.69) is 11.4 Å². The van der Waals surface area contributed by atoms with Crippen molar-refractivity contribution in [2.45, 2.75) is 18.9 Å². The number of carbonyl (C=O) groups excluding carboxylic acids is 1. The summed E-state index contributed by atoms with van der Waals surface area (Å²) in [5, 5.41) is 12.6. The molecule has 0 aromatic heterocycles. The molecule has 2 rings (SSSR count). The minimum atomic E-state index is -1.11. The molecule has 5 heteroatoms. The van der Waals surface area contributed by atoms with Crippen LogP contribution in [0.1, 0.15) is 12.5 Å². The highest BCUT2D eigenvalue weighted by atomic mass is 35.5. The summed E-state index contributed by atoms with van der Waals surface area (Å²) >= 11 is 5.90. The van der Waals surface area contributed by atoms with Gasteiger partial charge in [0.25, 0.3) is 0 Å². The molecule has 23 heavy (non-hydrogen) atoms. The quantitative estimate of drug-likeness (QED) is 0.884. The molecule has 0 fully saturated rings. The zero-order valence-electron chi connectivity index (χ0n) is 12.8. The summed E-state index contributed by atoms with van der Waals surface area (Å²) < 4.78 is 5.57. The van der Waals surface area contributed by atoms with E-state index in [-0.39, 0.29) is 18.9 Å². The molecule has 118 valence electrons. The maximum absolute atomic E-state index is 12.1. The van der Waals surface area contributed by atoms with Crippen molar-refractivity contribution >= 4 is 17.5 Å². The maximum atomic E-state index is 12.1. The van der Waals surface area contributed by atoms with Crippen molar-refractivity contribution in [3.05, 3.63) is 65.2 Å². The summed E-state index contributed by atoms with van der Waals surface area (Å²) in [6.45, 7) is 1.70. The second kappa shape index (κ2) is 7.66. The highest BCUT2D eigenvalue weighted by Crippen LogP contribution is 2.14. The smallest absolute Gasteiger partial charge is 0.225 e. The molecule has 0 aliphatic rings. The molecule has 0 heterocycles. The number of ether oxygens (including phenoxy) is 1. The van der Waals surface area contributed by atoms with Gasteiger partial charge >= 0.3 is 0 Å². The van der Waals surface area contributed by atoms with Gasteiger partial charge in [-0.05, 0) is 36.8 Å². The molecule has 0 radical (unpaired) electrons. The summed E-state index contributed by atoms with van der Waals surface area (Å²) in [6, 6.07) is 18.3. The molecule has 2 aromatic rings. The average Bonchev–Trinajstić information content (AvgIpc) is 2.54. The Morgan fingerprint density at radius 1 is 1.26 bits per heavy atom. The van der Waals surface area contributed by atoms with Crippen molar-refractivity contribution in [2.24, 2.45) is 0 Å². The molecule has 0 aliphatic heterocycles. The SMILES string of the molecule is CC(C#N)(COc1ccccc1)NC(=O)Cc1cccc(Cl)c1. The van der Waals surface area contributed by atoms with Crippen LogP contribution >= 0.6 is 11.6 Å². The Balaban J connectivity index is 1.94. The number of nitriles is 1. The van der Waals surface area contributed by atoms with Crippen LogP contribution in [-0.4, -0.2) is 18.1 Å². The number of nitrogens with zero attached hydrogens (tertiary/aromatic N) is 1. The van der Waals surface area contributed by atoms with Crippen molar-refractivity contribution < 1.29 is 9.53 Å². The Kier molecular flexibility index (Phi) is 5.61. The fourth-order valence-electron chi connectivity index (χ4n) is 2.02. The van der Waals surface area contributed by atoms with Crippen LogP contribution in [-0.2, 0) is 11.2 Å². The van der Waals surface area contributed by atoms with Gasteiger partial charge in [-0.3, -0.25) is 4.79 Å². The number of hydrogen-bond donors (Lipinski definition) is 1. The molecule has 2 aromatic carbocycles. The summed E-state index contributed by atoms with van der Waals surface area (Å²) in [5.41, 5.74) is -0.315. The number of rotatable bonds is 6. The van der Waals surface area contributed by atoms with Crippen LogP contribution in [0.2, 0.25) is 5.02 Å². The fraction of sp³-hybridized carbons (Fsp3) is 0.222. The van der Waals surface area contributed by atoms with Crippen molar-refractivity contribution in [1.29, 1.82) is 5.26 Å². The van der Waals surface area contributed by atoms with Gasteiger partial charge in [-0.25, -0.2) is 0 Å². The third-order valence-electron chi connectivity index (χ3n) is 3.19. The van der Waals surface area contributed by atoms with Crippen molar-refractivity contribution in [2.75, 3.05) is 6.61 Å². The lowest BCUT2D eigenvalue weighted by atomic mass is 10.0. The Morgan fingerprint density at radius 2 is 2.00 bits per heavy atom. The molecule has 1 N–H and O–H groups in total. The number of para-hydroxylation sites is 1. The molecular formula is C18H17ClN2O2. The highest BCUT2D eigenvalue weighted by Gasteiger charge is 2.27. The predicted octanol–water partition coefficient (Wildman–Crippen LogP) is 3.36. The average molecular weight is 329 g/mol. The van der Waals surface area contributed by atoms with Gasteiger partial charge in [-0.15, -0.1) is 0 Å². The van der Waals surface area contributed by atoms with Gasteiger partial charge in [0.2, 0.25) is 5.91 Å². The molecule has 0 aliphatic carbocycles. The summed E-state index contributed by atoms with van der Waals surface area (Å²) in [4.78, 5) is 12.1. The van der Waals surface area contributed by atoms with Crippen LogP contribution in [0.3, 0.4) is 0 Å². The van der Waals surface area contributed by atoms with Crippen LogP contribution < -0.4 is 10.1 Å². The topological polar surface area (TPSA) is 62.1 Å². The van der Waals surface area contributed by atoms with E-state index in [0.717, 1.165) is 5.56 Å². The molecule has 1 amide bonds. The summed E-state index contributed by atoms with van der Waals surface area (Å²) in [5.74, 6) is 0.394. The lowest BCUT2D eigenvalue weighted by molar-refractivity contribution is -0.121. The van der Waals surface area contributed by atoms with E-state index in [0.29, 0.717) is 10.8 Å². The Morgan fingerprint density at radius 3 is 2.65 bits per heavy atom. The van der Waals surface area contributed by atoms with Crippen molar-refractivity contribution in [1.82, 2.24) is 5.32 Å². The molecule has 0 bridgehead atoms. The first-order chi connectivity index (χ1) is 11.0. The van der Waals surface area contributed by atoms with E-state index in [1.54, 1.807) is 37.3 Å². The molecule has 0 spiro atoms. The predicted molar refractivity (Wildman–Crippen MR) is 89.3 cm³/mol. The number of benzene rings is 2. The van der Waals surface area contributed by atoms with Gasteiger partial charge in [0.05, 0.1) is 12.5 Å². The second-order valence-corrected chi connectivity index (χ2v) is 5.84. The standard InChI is InChI=1S/C18H17ClN2O2/c1-18(12-20,13-23-16-8-3-2-4-9-16)21-17(22)11-14-6-5-7-15(19)10-14/h2-10H,11,13H2,1H3,(H,21,22). The van der Waals surface area contributed by atoms with Crippen LogP contribution in [0.15, 0.2) is 54.6 Å². The van der Waals surface area contributed by atoms with Crippen LogP contribution in [0, 0.1) is 11.3 Å². The zero-order chi connectivity index (χ0) is 16.7. The molecule has 1 atom stereocenters. The third kappa shape index (κ3) is 5.32. The van der Waals surface area contributed by atoms with Gasteiger partial charge in [0, 0.05) is 5.02 Å². The minimum absolute atomic E-state index is 0.0643. The molecule has 0 saturated carbocycles. The third-order valence-corrected chi connectivity index (χ3v) is 3.42. The zero-order valence-corrected chi connectivity index (χ0v) is 13.5. The van der Waals surface area contributed by atoms with E-state index >= 15 is 0 Å². The van der Waals surface area contributed by atoms with E-state index in [1.807, 2.05) is 24.3 Å². The molecule has 1 unspecified atom stereocenters. The molecule has 4 nitrogen and oxygen atoms in total. The maximum Gasteiger partial charge on any atom is 0.225 e. The monoisotopic (exact) mass is 328 g/mol. The Hall–Kier alpha value is -2.51. The minimum Gasteiger partial charge on any atom is -0.490 e. The lowest BCUT2D eigenvalue weighted by Crippen LogP contribution is -2.49. The van der Waals surface area contributed by atoms with Gasteiger partial charge in [-0.1, -0.05) is 41.9 Å². The summed E-state index contributed by atoms with van der Waals surface area (Å²) in [6.07, 6.45) is 0.156. The number of carbonyl (C=O) groups is 1. The molecule has 0 saturated heterocycles. The van der Waals surface area contributed by atoms with Crippen LogP contribution in [0.4, 0.5) is 0 Å². The largest absolute Gasteiger partial charge is 0.490 e. The van der Waals surface area contributed by atoms with Crippen LogP contribution in [0.25, 0.3) is 0 Å². The van der Waals surface area contributed by atoms with E-state index < -0.39 is 5.54 Å². The first-order valence-corrected chi connectivity index (χ1v) is 7.53. The first kappa shape index (κ1) is 16.9. The van der Waals surface area contributed by atoms with Gasteiger partial charge in [0.1, 0.15) is 12.4 Å². The second-order valence-electron chi connectivity index (χ2n) is 5.40. The van der Waals surface area contributed by atoms with E-state index in [9.17, 15) is 10.1 Å². The number of amides is 1. The lowest BCUT2D eigenvalue weighted by Gasteiger charge is -2.23. The van der Waals surface area contributed by atoms with Crippen LogP contribution in [0.5, 0.6) is 5.75 Å². The van der Waals surface area contributed by atoms with E-state index in [1.165, 1.54) is 0 Å².